The van der Waals surface area contributed by atoms with E-state index < -0.39 is 5.97 Å². The Balaban J connectivity index is 2.23. The van der Waals surface area contributed by atoms with Gasteiger partial charge in [-0.2, -0.15) is 0 Å². The molecule has 0 amide bonds. The predicted molar refractivity (Wildman–Crippen MR) is 124 cm³/mol. The third-order valence-electron chi connectivity index (χ3n) is 5.33. The van der Waals surface area contributed by atoms with E-state index in [0.29, 0.717) is 44.8 Å². The molecule has 0 atom stereocenters. The van der Waals surface area contributed by atoms with Crippen molar-refractivity contribution in [3.05, 3.63) is 77.0 Å². The Morgan fingerprint density at radius 3 is 2.09 bits per heavy atom. The van der Waals surface area contributed by atoms with Crippen molar-refractivity contribution >= 4 is 16.7 Å². The summed E-state index contributed by atoms with van der Waals surface area (Å²) < 4.78 is 22.9. The topological polar surface area (TPSA) is 88.9 Å². The van der Waals surface area contributed by atoms with Crippen molar-refractivity contribution in [2.24, 2.45) is 0 Å². The van der Waals surface area contributed by atoms with Crippen molar-refractivity contribution in [3.8, 4) is 34.1 Å². The lowest BCUT2D eigenvalue weighted by molar-refractivity contribution is 0.0591. The number of hydrogen-bond donors (Lipinski definition) is 0. The van der Waals surface area contributed by atoms with Crippen molar-refractivity contribution in [2.45, 2.75) is 0 Å². The minimum Gasteiger partial charge on any atom is -0.493 e. The molecule has 168 valence electrons. The van der Waals surface area contributed by atoms with Crippen LogP contribution >= 0.6 is 0 Å². The van der Waals surface area contributed by atoms with Crippen molar-refractivity contribution in [3.63, 3.8) is 0 Å². The number of esters is 1. The molecule has 0 fully saturated rings. The van der Waals surface area contributed by atoms with E-state index in [1.54, 1.807) is 54.7 Å². The van der Waals surface area contributed by atoms with Gasteiger partial charge in [0.15, 0.2) is 11.5 Å². The summed E-state index contributed by atoms with van der Waals surface area (Å²) in [6, 6.07) is 13.9. The number of ether oxygens (including phenoxy) is 4. The summed E-state index contributed by atoms with van der Waals surface area (Å²) >= 11 is 0. The normalized spacial score (nSPS) is 10.7. The first-order valence-corrected chi connectivity index (χ1v) is 10.0. The van der Waals surface area contributed by atoms with E-state index in [0.717, 1.165) is 0 Å². The highest BCUT2D eigenvalue weighted by atomic mass is 16.5. The number of pyridine rings is 2. The quantitative estimate of drug-likeness (QED) is 0.416. The van der Waals surface area contributed by atoms with Gasteiger partial charge < -0.3 is 18.9 Å². The lowest BCUT2D eigenvalue weighted by atomic mass is 9.95. The second-order valence-corrected chi connectivity index (χ2v) is 7.03. The van der Waals surface area contributed by atoms with Crippen molar-refractivity contribution in [2.75, 3.05) is 28.4 Å². The lowest BCUT2D eigenvalue weighted by Crippen LogP contribution is -2.27. The molecule has 2 aromatic carbocycles. The number of methoxy groups -OCH3 is 4. The van der Waals surface area contributed by atoms with Gasteiger partial charge in [-0.05, 0) is 41.3 Å². The van der Waals surface area contributed by atoms with Crippen LogP contribution in [0.5, 0.6) is 17.2 Å². The second-order valence-electron chi connectivity index (χ2n) is 7.03. The molecule has 0 saturated carbocycles. The van der Waals surface area contributed by atoms with E-state index in [1.165, 1.54) is 39.2 Å². The van der Waals surface area contributed by atoms with Gasteiger partial charge in [0.2, 0.25) is 5.75 Å². The minimum absolute atomic E-state index is 0.0588. The average molecular weight is 446 g/mol. The van der Waals surface area contributed by atoms with Crippen LogP contribution in [0.15, 0.2) is 65.7 Å². The molecular weight excluding hydrogens is 424 g/mol. The smallest absolute Gasteiger partial charge is 0.355 e. The van der Waals surface area contributed by atoms with Gasteiger partial charge in [-0.25, -0.2) is 4.79 Å². The van der Waals surface area contributed by atoms with Crippen LogP contribution in [0.3, 0.4) is 0 Å². The number of carbonyl (C=O) groups is 1. The molecule has 0 spiro atoms. The van der Waals surface area contributed by atoms with Crippen LogP contribution < -0.4 is 19.8 Å². The van der Waals surface area contributed by atoms with Crippen LogP contribution in [0.1, 0.15) is 10.5 Å². The minimum atomic E-state index is -0.676. The SMILES string of the molecule is COC(=O)c1c(-c2cc(OC)c(OC)c(OC)c2)c2ccccc2c(=O)n1-c1cccnc1. The van der Waals surface area contributed by atoms with Crippen LogP contribution in [-0.2, 0) is 4.74 Å². The molecule has 2 aromatic heterocycles. The first kappa shape index (κ1) is 21.9. The number of aromatic nitrogens is 2. The third-order valence-corrected chi connectivity index (χ3v) is 5.33. The van der Waals surface area contributed by atoms with E-state index in [4.69, 9.17) is 18.9 Å². The number of benzene rings is 2. The maximum absolute atomic E-state index is 13.6. The molecule has 2 heterocycles. The van der Waals surface area contributed by atoms with Gasteiger partial charge in [-0.3, -0.25) is 14.3 Å². The molecule has 0 saturated heterocycles. The zero-order chi connectivity index (χ0) is 23.5. The van der Waals surface area contributed by atoms with E-state index in [2.05, 4.69) is 4.98 Å². The Morgan fingerprint density at radius 2 is 1.55 bits per heavy atom. The fraction of sp³-hybridized carbons (Fsp3) is 0.160. The van der Waals surface area contributed by atoms with Crippen LogP contribution in [0.2, 0.25) is 0 Å². The molecule has 0 radical (unpaired) electrons. The molecular formula is C25H22N2O6. The average Bonchev–Trinajstić information content (AvgIpc) is 2.87. The van der Waals surface area contributed by atoms with E-state index >= 15 is 0 Å². The predicted octanol–water partition coefficient (Wildman–Crippen LogP) is 3.87. The Labute approximate surface area is 189 Å². The molecule has 0 aliphatic heterocycles. The molecule has 33 heavy (non-hydrogen) atoms. The van der Waals surface area contributed by atoms with Gasteiger partial charge in [-0.15, -0.1) is 0 Å². The number of carbonyl (C=O) groups excluding carboxylic acids is 1. The van der Waals surface area contributed by atoms with Gasteiger partial charge in [0, 0.05) is 17.1 Å². The number of nitrogens with zero attached hydrogens (tertiary/aromatic N) is 2. The first-order chi connectivity index (χ1) is 16.0. The van der Waals surface area contributed by atoms with Crippen LogP contribution in [0.4, 0.5) is 0 Å². The largest absolute Gasteiger partial charge is 0.493 e. The Hall–Kier alpha value is -4.33. The van der Waals surface area contributed by atoms with Gasteiger partial charge >= 0.3 is 5.97 Å². The zero-order valence-electron chi connectivity index (χ0n) is 18.6. The summed E-state index contributed by atoms with van der Waals surface area (Å²) in [6.45, 7) is 0. The number of hydrogen-bond acceptors (Lipinski definition) is 7. The van der Waals surface area contributed by atoms with Gasteiger partial charge in [0.1, 0.15) is 5.69 Å². The fourth-order valence-electron chi connectivity index (χ4n) is 3.89. The summed E-state index contributed by atoms with van der Waals surface area (Å²) in [5.74, 6) is 0.551. The number of fused-ring (bicyclic) bond motifs is 1. The van der Waals surface area contributed by atoms with E-state index in [9.17, 15) is 9.59 Å². The van der Waals surface area contributed by atoms with Gasteiger partial charge in [-0.1, -0.05) is 18.2 Å². The fourth-order valence-corrected chi connectivity index (χ4v) is 3.89. The Kier molecular flexibility index (Phi) is 5.99. The molecule has 8 heteroatoms. The van der Waals surface area contributed by atoms with E-state index in [-0.39, 0.29) is 11.3 Å². The van der Waals surface area contributed by atoms with E-state index in [1.807, 2.05) is 0 Å². The standard InChI is InChI=1S/C25H22N2O6/c1-30-19-12-15(13-20(31-2)23(19)32-3)21-17-9-5-6-10-18(17)24(28)27(22(21)25(29)33-4)16-8-7-11-26-14-16/h5-14H,1-4H3. The summed E-state index contributed by atoms with van der Waals surface area (Å²) in [6.07, 6.45) is 3.11. The van der Waals surface area contributed by atoms with Crippen LogP contribution in [-0.4, -0.2) is 44.0 Å². The monoisotopic (exact) mass is 446 g/mol. The van der Waals surface area contributed by atoms with Crippen molar-refractivity contribution < 1.29 is 23.7 Å². The highest BCUT2D eigenvalue weighted by Crippen LogP contribution is 2.43. The van der Waals surface area contributed by atoms with Gasteiger partial charge in [0.05, 0.1) is 40.3 Å². The van der Waals surface area contributed by atoms with Crippen LogP contribution in [0.25, 0.3) is 27.6 Å². The Bertz CT molecular complexity index is 1370. The molecule has 0 bridgehead atoms. The second kappa shape index (κ2) is 9.04. The molecule has 4 aromatic rings. The summed E-state index contributed by atoms with van der Waals surface area (Å²) in [5, 5.41) is 1.01. The molecule has 0 aliphatic rings. The highest BCUT2D eigenvalue weighted by Gasteiger charge is 2.26. The molecule has 0 unspecified atom stereocenters. The summed E-state index contributed by atoms with van der Waals surface area (Å²) in [5.41, 5.74) is 1.19. The lowest BCUT2D eigenvalue weighted by Gasteiger charge is -2.20. The van der Waals surface area contributed by atoms with Crippen LogP contribution in [0, 0.1) is 0 Å². The van der Waals surface area contributed by atoms with Crippen molar-refractivity contribution in [1.29, 1.82) is 0 Å². The Morgan fingerprint density at radius 1 is 0.879 bits per heavy atom. The number of rotatable bonds is 6. The summed E-state index contributed by atoms with van der Waals surface area (Å²) in [4.78, 5) is 30.8. The summed E-state index contributed by atoms with van der Waals surface area (Å²) in [7, 11) is 5.81. The molecule has 0 aliphatic carbocycles. The highest BCUT2D eigenvalue weighted by molar-refractivity contribution is 6.07. The van der Waals surface area contributed by atoms with Gasteiger partial charge in [0.25, 0.3) is 5.56 Å². The molecule has 8 nitrogen and oxygen atoms in total. The zero-order valence-corrected chi connectivity index (χ0v) is 18.6. The maximum atomic E-state index is 13.6. The molecule has 0 N–H and O–H groups in total. The van der Waals surface area contributed by atoms with Crippen molar-refractivity contribution in [1.82, 2.24) is 9.55 Å². The molecule has 4 rings (SSSR count). The maximum Gasteiger partial charge on any atom is 0.355 e. The first-order valence-electron chi connectivity index (χ1n) is 10.0. The third kappa shape index (κ3) is 3.65.